The number of aryl methyl sites for hydroxylation is 1. The lowest BCUT2D eigenvalue weighted by atomic mass is 9.82. The summed E-state index contributed by atoms with van der Waals surface area (Å²) in [7, 11) is 3.31. The first-order valence-electron chi connectivity index (χ1n) is 14.6. The van der Waals surface area contributed by atoms with Crippen molar-refractivity contribution in [2.24, 2.45) is 0 Å². The molecule has 2 saturated heterocycles. The lowest BCUT2D eigenvalue weighted by Crippen LogP contribution is -2.54. The van der Waals surface area contributed by atoms with Gasteiger partial charge in [-0.1, -0.05) is 47.1 Å². The van der Waals surface area contributed by atoms with Crippen LogP contribution >= 0.6 is 0 Å². The molecule has 1 aromatic carbocycles. The van der Waals surface area contributed by atoms with E-state index in [1.165, 1.54) is 12.7 Å². The number of likely N-dealkylation sites (N-methyl/N-ethyl adjacent to an activating group) is 1. The van der Waals surface area contributed by atoms with Crippen molar-refractivity contribution in [3.63, 3.8) is 0 Å². The maximum Gasteiger partial charge on any atom is 0.325 e. The molecule has 0 aliphatic carbocycles. The third-order valence-electron chi connectivity index (χ3n) is 7.77. The van der Waals surface area contributed by atoms with Crippen molar-refractivity contribution in [1.29, 1.82) is 0 Å². The zero-order valence-corrected chi connectivity index (χ0v) is 25.8. The second-order valence-corrected chi connectivity index (χ2v) is 10.3. The van der Waals surface area contributed by atoms with Crippen LogP contribution in [-0.2, 0) is 6.54 Å². The van der Waals surface area contributed by atoms with Gasteiger partial charge in [0.1, 0.15) is 23.5 Å². The average molecular weight is 554 g/mol. The molecule has 0 saturated carbocycles. The highest BCUT2D eigenvalue weighted by atomic mass is 16.5. The first kappa shape index (κ1) is 31.1. The molecule has 1 atom stereocenters. The first-order chi connectivity index (χ1) is 19.2. The third kappa shape index (κ3) is 5.58. The number of amides is 3. The summed E-state index contributed by atoms with van der Waals surface area (Å²) in [4.78, 5) is 32.5. The van der Waals surface area contributed by atoms with E-state index in [1.54, 1.807) is 20.3 Å². The zero-order chi connectivity index (χ0) is 29.6. The Balaban J connectivity index is 0.000000827. The molecule has 0 unspecified atom stereocenters. The fraction of sp³-hybridized carbons (Fsp3) is 0.562. The van der Waals surface area contributed by atoms with Gasteiger partial charge in [-0.25, -0.2) is 4.79 Å². The molecule has 1 aromatic heterocycles. The van der Waals surface area contributed by atoms with E-state index in [1.807, 2.05) is 54.5 Å². The minimum atomic E-state index is -0.428. The van der Waals surface area contributed by atoms with Crippen LogP contribution in [0.4, 0.5) is 4.79 Å². The first-order valence-corrected chi connectivity index (χ1v) is 14.6. The summed E-state index contributed by atoms with van der Waals surface area (Å²) >= 11 is 0. The predicted octanol–water partition coefficient (Wildman–Crippen LogP) is 6.98. The molecular weight excluding hydrogens is 506 g/mol. The molecule has 0 N–H and O–H groups in total. The van der Waals surface area contributed by atoms with Gasteiger partial charge in [0.15, 0.2) is 0 Å². The van der Waals surface area contributed by atoms with Crippen LogP contribution in [0.15, 0.2) is 40.7 Å². The summed E-state index contributed by atoms with van der Waals surface area (Å²) in [5.74, 6) is 2.25. The van der Waals surface area contributed by atoms with E-state index in [0.717, 1.165) is 28.3 Å². The van der Waals surface area contributed by atoms with Crippen molar-refractivity contribution >= 4 is 11.9 Å². The molecular formula is C32H47N3O5. The van der Waals surface area contributed by atoms with Crippen LogP contribution in [0.3, 0.4) is 0 Å². The van der Waals surface area contributed by atoms with E-state index in [2.05, 4.69) is 26.8 Å². The Kier molecular flexibility index (Phi) is 10.3. The van der Waals surface area contributed by atoms with E-state index in [9.17, 15) is 9.59 Å². The number of furan rings is 1. The molecule has 40 heavy (non-hydrogen) atoms. The number of ether oxygens (including phenoxy) is 2. The van der Waals surface area contributed by atoms with Crippen LogP contribution in [-0.4, -0.2) is 66.0 Å². The van der Waals surface area contributed by atoms with Crippen LogP contribution in [0.25, 0.3) is 0 Å². The summed E-state index contributed by atoms with van der Waals surface area (Å²) in [6.45, 7) is 16.5. The van der Waals surface area contributed by atoms with Crippen LogP contribution < -0.4 is 9.47 Å². The van der Waals surface area contributed by atoms with E-state index in [0.29, 0.717) is 50.3 Å². The molecule has 4 heterocycles. The normalized spacial score (nSPS) is 18.9. The summed E-state index contributed by atoms with van der Waals surface area (Å²) in [6, 6.07) is 5.71. The van der Waals surface area contributed by atoms with Gasteiger partial charge in [0.25, 0.3) is 5.91 Å². The number of benzene rings is 1. The van der Waals surface area contributed by atoms with Gasteiger partial charge in [0.05, 0.1) is 31.9 Å². The Morgan fingerprint density at radius 1 is 1.07 bits per heavy atom. The highest BCUT2D eigenvalue weighted by Gasteiger charge is 2.55. The molecule has 2 fully saturated rings. The SMILES string of the molecule is CC.CCC.CCN1C(=O)N2Cc3cc(OC)cc(OC)c3[C@@H](C)C=C2C12CCN(C(=O)c1coc(C)c1)CC2. The van der Waals surface area contributed by atoms with Gasteiger partial charge in [-0.3, -0.25) is 9.69 Å². The standard InChI is InChI=1S/C27H33N3O5.C3H8.C2H6/c1-6-30-26(32)29-15-19-13-21(33-4)14-22(34-5)24(19)17(2)11-23(29)27(30)7-9-28(10-8-27)25(31)20-12-18(3)35-16-20;1-3-2;1-2/h11-14,16-17H,6-10,15H2,1-5H3;3H2,1-2H3;1-2H3/t17-;;/m0../s1. The molecule has 1 spiro atoms. The van der Waals surface area contributed by atoms with Crippen LogP contribution in [0, 0.1) is 6.92 Å². The molecule has 3 aliphatic rings. The van der Waals surface area contributed by atoms with Crippen molar-refractivity contribution in [2.75, 3.05) is 33.9 Å². The summed E-state index contributed by atoms with van der Waals surface area (Å²) in [6.07, 6.45) is 6.39. The highest BCUT2D eigenvalue weighted by molar-refractivity contribution is 5.94. The predicted molar refractivity (Wildman–Crippen MR) is 158 cm³/mol. The van der Waals surface area contributed by atoms with Crippen LogP contribution in [0.2, 0.25) is 0 Å². The lowest BCUT2D eigenvalue weighted by molar-refractivity contribution is 0.0575. The van der Waals surface area contributed by atoms with Crippen molar-refractivity contribution in [1.82, 2.24) is 14.7 Å². The van der Waals surface area contributed by atoms with E-state index < -0.39 is 5.54 Å². The average Bonchev–Trinajstić information content (AvgIpc) is 3.43. The number of hydrogen-bond donors (Lipinski definition) is 0. The smallest absolute Gasteiger partial charge is 0.325 e. The van der Waals surface area contributed by atoms with Crippen molar-refractivity contribution in [2.45, 2.75) is 85.7 Å². The maximum atomic E-state index is 13.7. The van der Waals surface area contributed by atoms with Gasteiger partial charge >= 0.3 is 6.03 Å². The Morgan fingerprint density at radius 3 is 2.25 bits per heavy atom. The van der Waals surface area contributed by atoms with Gasteiger partial charge < -0.3 is 23.7 Å². The third-order valence-corrected chi connectivity index (χ3v) is 7.77. The quantitative estimate of drug-likeness (QED) is 0.408. The van der Waals surface area contributed by atoms with Gasteiger partial charge in [0, 0.05) is 42.9 Å². The second kappa shape index (κ2) is 13.3. The minimum absolute atomic E-state index is 0.0193. The van der Waals surface area contributed by atoms with E-state index >= 15 is 0 Å². The molecule has 8 nitrogen and oxygen atoms in total. The number of rotatable bonds is 4. The fourth-order valence-electron chi connectivity index (χ4n) is 6.08. The monoisotopic (exact) mass is 553 g/mol. The number of likely N-dealkylation sites (tertiary alicyclic amines) is 1. The number of piperidine rings is 1. The Morgan fingerprint density at radius 2 is 1.73 bits per heavy atom. The second-order valence-electron chi connectivity index (χ2n) is 10.3. The number of allylic oxidation sites excluding steroid dienone is 1. The number of urea groups is 1. The van der Waals surface area contributed by atoms with Crippen molar-refractivity contribution < 1.29 is 23.5 Å². The van der Waals surface area contributed by atoms with E-state index in [4.69, 9.17) is 13.9 Å². The maximum absolute atomic E-state index is 13.7. The van der Waals surface area contributed by atoms with Gasteiger partial charge in [-0.15, -0.1) is 0 Å². The molecule has 220 valence electrons. The summed E-state index contributed by atoms with van der Waals surface area (Å²) < 4.78 is 16.6. The van der Waals surface area contributed by atoms with Gasteiger partial charge in [0.2, 0.25) is 0 Å². The molecule has 3 aliphatic heterocycles. The van der Waals surface area contributed by atoms with Crippen LogP contribution in [0.5, 0.6) is 11.5 Å². The van der Waals surface area contributed by atoms with Crippen molar-refractivity contribution in [3.8, 4) is 11.5 Å². The lowest BCUT2D eigenvalue weighted by Gasteiger charge is -2.44. The minimum Gasteiger partial charge on any atom is -0.497 e. The number of carbonyl (C=O) groups excluding carboxylic acids is 2. The Labute approximate surface area is 239 Å². The number of nitrogens with zero attached hydrogens (tertiary/aromatic N) is 3. The zero-order valence-electron chi connectivity index (χ0n) is 25.8. The van der Waals surface area contributed by atoms with Crippen LogP contribution in [0.1, 0.15) is 94.0 Å². The number of hydrogen-bond acceptors (Lipinski definition) is 5. The number of carbonyl (C=O) groups is 2. The molecule has 3 amide bonds. The molecule has 2 aromatic rings. The number of fused-ring (bicyclic) bond motifs is 3. The topological polar surface area (TPSA) is 75.5 Å². The van der Waals surface area contributed by atoms with Gasteiger partial charge in [-0.05, 0) is 44.4 Å². The van der Waals surface area contributed by atoms with Crippen molar-refractivity contribution in [3.05, 3.63) is 58.7 Å². The largest absolute Gasteiger partial charge is 0.497 e. The molecule has 5 rings (SSSR count). The van der Waals surface area contributed by atoms with E-state index in [-0.39, 0.29) is 17.9 Å². The molecule has 8 heteroatoms. The fourth-order valence-corrected chi connectivity index (χ4v) is 6.08. The Hall–Kier alpha value is -3.42. The summed E-state index contributed by atoms with van der Waals surface area (Å²) in [5.41, 5.74) is 3.31. The molecule has 0 radical (unpaired) electrons. The Bertz CT molecular complexity index is 1210. The highest BCUT2D eigenvalue weighted by Crippen LogP contribution is 2.49. The van der Waals surface area contributed by atoms with Gasteiger partial charge in [-0.2, -0.15) is 0 Å². The summed E-state index contributed by atoms with van der Waals surface area (Å²) in [5, 5.41) is 0. The molecule has 0 bridgehead atoms. The number of methoxy groups -OCH3 is 2.